The van der Waals surface area contributed by atoms with E-state index in [-0.39, 0.29) is 12.7 Å². The zero-order chi connectivity index (χ0) is 19.5. The second-order valence-corrected chi connectivity index (χ2v) is 6.34. The molecule has 0 fully saturated rings. The van der Waals surface area contributed by atoms with E-state index >= 15 is 0 Å². The Labute approximate surface area is 161 Å². The highest BCUT2D eigenvalue weighted by Crippen LogP contribution is 2.33. The summed E-state index contributed by atoms with van der Waals surface area (Å²) in [6.07, 6.45) is 1.04. The smallest absolute Gasteiger partial charge is 0.411 e. The number of anilines is 1. The maximum Gasteiger partial charge on any atom is 0.411 e. The van der Waals surface area contributed by atoms with E-state index in [2.05, 4.69) is 15.2 Å². The number of amides is 2. The van der Waals surface area contributed by atoms with Crippen LogP contribution < -0.4 is 14.8 Å². The molecule has 2 aliphatic heterocycles. The molecular formula is C20H19N3O5. The lowest BCUT2D eigenvalue weighted by Gasteiger charge is -2.24. The number of nitrogens with zero attached hydrogens (tertiary/aromatic N) is 2. The quantitative estimate of drug-likeness (QED) is 0.882. The third-order valence-electron chi connectivity index (χ3n) is 4.53. The van der Waals surface area contributed by atoms with Gasteiger partial charge in [-0.2, -0.15) is 5.10 Å². The lowest BCUT2D eigenvalue weighted by molar-refractivity contribution is 0.0751. The first kappa shape index (κ1) is 17.8. The van der Waals surface area contributed by atoms with Gasteiger partial charge in [0.1, 0.15) is 0 Å². The number of carbonyl (C=O) groups is 2. The van der Waals surface area contributed by atoms with Crippen LogP contribution in [0.5, 0.6) is 11.5 Å². The number of methoxy groups -OCH3 is 1. The number of hydrogen-bond acceptors (Lipinski definition) is 6. The second-order valence-electron chi connectivity index (χ2n) is 6.34. The summed E-state index contributed by atoms with van der Waals surface area (Å²) < 4.78 is 15.3. The van der Waals surface area contributed by atoms with Crippen LogP contribution in [-0.2, 0) is 4.74 Å². The Balaban J connectivity index is 1.51. The summed E-state index contributed by atoms with van der Waals surface area (Å²) in [6.45, 7) is 0.770. The highest BCUT2D eigenvalue weighted by atomic mass is 16.7. The van der Waals surface area contributed by atoms with Gasteiger partial charge in [-0.05, 0) is 55.3 Å². The first-order valence-corrected chi connectivity index (χ1v) is 8.88. The molecule has 1 N–H and O–H groups in total. The lowest BCUT2D eigenvalue weighted by Crippen LogP contribution is -2.32. The van der Waals surface area contributed by atoms with Crippen LogP contribution in [0.1, 0.15) is 28.8 Å². The Morgan fingerprint density at radius 2 is 1.89 bits per heavy atom. The Morgan fingerprint density at radius 1 is 1.11 bits per heavy atom. The minimum absolute atomic E-state index is 0.192. The van der Waals surface area contributed by atoms with E-state index in [0.717, 1.165) is 24.1 Å². The molecule has 2 aromatic rings. The van der Waals surface area contributed by atoms with Crippen molar-refractivity contribution < 1.29 is 23.8 Å². The van der Waals surface area contributed by atoms with Crippen LogP contribution in [0.4, 0.5) is 10.5 Å². The van der Waals surface area contributed by atoms with E-state index in [9.17, 15) is 9.59 Å². The Hall–Kier alpha value is -3.55. The molecule has 0 radical (unpaired) electrons. The monoisotopic (exact) mass is 381 g/mol. The number of carbonyl (C=O) groups excluding carboxylic acids is 2. The van der Waals surface area contributed by atoms with Gasteiger partial charge in [0.15, 0.2) is 11.5 Å². The average molecular weight is 381 g/mol. The summed E-state index contributed by atoms with van der Waals surface area (Å²) in [5, 5.41) is 8.58. The van der Waals surface area contributed by atoms with E-state index in [1.165, 1.54) is 12.1 Å². The van der Waals surface area contributed by atoms with Crippen molar-refractivity contribution in [3.05, 3.63) is 53.6 Å². The van der Waals surface area contributed by atoms with Crippen molar-refractivity contribution in [3.63, 3.8) is 0 Å². The van der Waals surface area contributed by atoms with Crippen LogP contribution in [0.25, 0.3) is 0 Å². The first-order valence-electron chi connectivity index (χ1n) is 8.88. The van der Waals surface area contributed by atoms with Crippen molar-refractivity contribution in [2.45, 2.75) is 12.8 Å². The third-order valence-corrected chi connectivity index (χ3v) is 4.53. The Bertz CT molecular complexity index is 939. The van der Waals surface area contributed by atoms with Gasteiger partial charge in [0.2, 0.25) is 6.79 Å². The predicted octanol–water partition coefficient (Wildman–Crippen LogP) is 3.23. The van der Waals surface area contributed by atoms with Gasteiger partial charge in [-0.3, -0.25) is 10.1 Å². The largest absolute Gasteiger partial charge is 0.454 e. The van der Waals surface area contributed by atoms with E-state index in [1.54, 1.807) is 24.3 Å². The first-order chi connectivity index (χ1) is 13.6. The van der Waals surface area contributed by atoms with Gasteiger partial charge in [0.25, 0.3) is 5.91 Å². The standard InChI is InChI=1S/C20H19N3O5/c1-26-20(25)21-15-7-4-13(5-8-15)19(24)23-10-2-3-16(22-23)14-6-9-17-18(11-14)28-12-27-17/h4-9,11H,2-3,10,12H2,1H3,(H,21,25). The Morgan fingerprint density at radius 3 is 2.68 bits per heavy atom. The molecule has 0 unspecified atom stereocenters. The van der Waals surface area contributed by atoms with E-state index in [1.807, 2.05) is 18.2 Å². The molecule has 0 atom stereocenters. The predicted molar refractivity (Wildman–Crippen MR) is 102 cm³/mol. The van der Waals surface area contributed by atoms with Crippen LogP contribution in [0.15, 0.2) is 47.6 Å². The van der Waals surface area contributed by atoms with Crippen LogP contribution in [0, 0.1) is 0 Å². The van der Waals surface area contributed by atoms with Crippen molar-refractivity contribution in [3.8, 4) is 11.5 Å². The Kier molecular flexibility index (Phi) is 4.84. The van der Waals surface area contributed by atoms with Gasteiger partial charge in [-0.1, -0.05) is 0 Å². The van der Waals surface area contributed by atoms with E-state index in [0.29, 0.717) is 29.3 Å². The molecule has 4 rings (SSSR count). The zero-order valence-electron chi connectivity index (χ0n) is 15.3. The molecule has 8 heteroatoms. The maximum atomic E-state index is 12.8. The average Bonchev–Trinajstić information content (AvgIpc) is 3.21. The molecule has 28 heavy (non-hydrogen) atoms. The zero-order valence-corrected chi connectivity index (χ0v) is 15.3. The number of rotatable bonds is 3. The molecule has 0 spiro atoms. The molecule has 0 saturated heterocycles. The van der Waals surface area contributed by atoms with Crippen LogP contribution in [0.2, 0.25) is 0 Å². The third kappa shape index (κ3) is 3.62. The van der Waals surface area contributed by atoms with Crippen molar-refractivity contribution >= 4 is 23.4 Å². The molecule has 0 bridgehead atoms. The fraction of sp³-hybridized carbons (Fsp3) is 0.250. The molecular weight excluding hydrogens is 362 g/mol. The number of ether oxygens (including phenoxy) is 3. The molecule has 2 heterocycles. The number of fused-ring (bicyclic) bond motifs is 1. The van der Waals surface area contributed by atoms with Crippen LogP contribution in [-0.4, -0.2) is 43.2 Å². The van der Waals surface area contributed by atoms with Gasteiger partial charge in [-0.25, -0.2) is 9.80 Å². The lowest BCUT2D eigenvalue weighted by atomic mass is 10.0. The number of nitrogens with one attached hydrogen (secondary N) is 1. The number of benzene rings is 2. The van der Waals surface area contributed by atoms with Gasteiger partial charge in [-0.15, -0.1) is 0 Å². The molecule has 0 aromatic heterocycles. The van der Waals surface area contributed by atoms with Gasteiger partial charge in [0.05, 0.1) is 12.8 Å². The fourth-order valence-corrected chi connectivity index (χ4v) is 3.08. The minimum atomic E-state index is -0.562. The molecule has 8 nitrogen and oxygen atoms in total. The van der Waals surface area contributed by atoms with Gasteiger partial charge >= 0.3 is 6.09 Å². The molecule has 2 aliphatic rings. The van der Waals surface area contributed by atoms with Crippen molar-refractivity contribution in [2.24, 2.45) is 5.10 Å². The normalized spacial score (nSPS) is 15.0. The summed E-state index contributed by atoms with van der Waals surface area (Å²) in [5.74, 6) is 1.22. The SMILES string of the molecule is COC(=O)Nc1ccc(C(=O)N2CCCC(c3ccc4c(c3)OCO4)=N2)cc1. The number of hydrogen-bond donors (Lipinski definition) is 1. The summed E-state index contributed by atoms with van der Waals surface area (Å²) >= 11 is 0. The van der Waals surface area contributed by atoms with E-state index < -0.39 is 6.09 Å². The molecule has 2 aromatic carbocycles. The summed E-state index contributed by atoms with van der Waals surface area (Å²) in [7, 11) is 1.29. The fourth-order valence-electron chi connectivity index (χ4n) is 3.08. The van der Waals surface area contributed by atoms with Crippen molar-refractivity contribution in [2.75, 3.05) is 25.8 Å². The highest BCUT2D eigenvalue weighted by Gasteiger charge is 2.22. The molecule has 144 valence electrons. The summed E-state index contributed by atoms with van der Waals surface area (Å²) in [4.78, 5) is 24.1. The highest BCUT2D eigenvalue weighted by molar-refractivity contribution is 6.03. The van der Waals surface area contributed by atoms with Crippen LogP contribution in [0.3, 0.4) is 0 Å². The van der Waals surface area contributed by atoms with Crippen LogP contribution >= 0.6 is 0 Å². The second kappa shape index (κ2) is 7.59. The van der Waals surface area contributed by atoms with Gasteiger partial charge in [0, 0.05) is 23.4 Å². The number of hydrazone groups is 1. The minimum Gasteiger partial charge on any atom is -0.454 e. The van der Waals surface area contributed by atoms with Gasteiger partial charge < -0.3 is 14.2 Å². The molecule has 0 saturated carbocycles. The maximum absolute atomic E-state index is 12.8. The summed E-state index contributed by atoms with van der Waals surface area (Å²) in [5.41, 5.74) is 2.79. The molecule has 0 aliphatic carbocycles. The topological polar surface area (TPSA) is 89.5 Å². The van der Waals surface area contributed by atoms with Crippen molar-refractivity contribution in [1.29, 1.82) is 0 Å². The summed E-state index contributed by atoms with van der Waals surface area (Å²) in [6, 6.07) is 12.3. The van der Waals surface area contributed by atoms with E-state index in [4.69, 9.17) is 9.47 Å². The molecule has 2 amide bonds. The van der Waals surface area contributed by atoms with Crippen molar-refractivity contribution in [1.82, 2.24) is 5.01 Å².